The van der Waals surface area contributed by atoms with Crippen molar-refractivity contribution < 1.29 is 13.2 Å². The molecule has 0 saturated heterocycles. The maximum atomic E-state index is 12.4. The summed E-state index contributed by atoms with van der Waals surface area (Å²) in [5.74, 6) is -0.323. The van der Waals surface area contributed by atoms with Crippen molar-refractivity contribution in [3.05, 3.63) is 94.0 Å². The lowest BCUT2D eigenvalue weighted by Gasteiger charge is -2.23. The number of nitrogens with zero attached hydrogens (tertiary/aromatic N) is 1. The summed E-state index contributed by atoms with van der Waals surface area (Å²) < 4.78 is 25.9. The van der Waals surface area contributed by atoms with Crippen molar-refractivity contribution >= 4 is 50.5 Å². The first-order valence-corrected chi connectivity index (χ1v) is 11.2. The summed E-state index contributed by atoms with van der Waals surface area (Å²) >= 11 is 12.1. The van der Waals surface area contributed by atoms with Gasteiger partial charge in [-0.1, -0.05) is 47.5 Å². The monoisotopic (exact) mass is 448 g/mol. The van der Waals surface area contributed by atoms with E-state index in [1.807, 2.05) is 0 Å². The quantitative estimate of drug-likeness (QED) is 0.562. The molecule has 3 aromatic rings. The minimum Gasteiger partial charge on any atom is -0.322 e. The molecule has 0 saturated carbocycles. The van der Waals surface area contributed by atoms with E-state index in [4.69, 9.17) is 23.2 Å². The molecule has 8 heteroatoms. The van der Waals surface area contributed by atoms with Gasteiger partial charge in [0.25, 0.3) is 5.91 Å². The molecule has 0 aromatic heterocycles. The van der Waals surface area contributed by atoms with Crippen molar-refractivity contribution in [3.8, 4) is 0 Å². The van der Waals surface area contributed by atoms with Gasteiger partial charge in [-0.3, -0.25) is 9.10 Å². The van der Waals surface area contributed by atoms with Crippen molar-refractivity contribution in [2.24, 2.45) is 0 Å². The molecule has 3 rings (SSSR count). The second-order valence-corrected chi connectivity index (χ2v) is 9.12. The van der Waals surface area contributed by atoms with Gasteiger partial charge in [-0.2, -0.15) is 0 Å². The van der Waals surface area contributed by atoms with E-state index < -0.39 is 10.0 Å². The Morgan fingerprint density at radius 1 is 0.966 bits per heavy atom. The Kier molecular flexibility index (Phi) is 6.47. The van der Waals surface area contributed by atoms with Crippen LogP contribution >= 0.6 is 23.2 Å². The lowest BCUT2D eigenvalue weighted by molar-refractivity contribution is 0.102. The Morgan fingerprint density at radius 3 is 2.28 bits per heavy atom. The predicted molar refractivity (Wildman–Crippen MR) is 118 cm³/mol. The molecule has 1 N–H and O–H groups in total. The van der Waals surface area contributed by atoms with E-state index >= 15 is 0 Å². The largest absolute Gasteiger partial charge is 0.322 e. The number of sulfonamides is 1. The van der Waals surface area contributed by atoms with Crippen LogP contribution in [-0.2, 0) is 16.6 Å². The molecule has 0 fully saturated rings. The van der Waals surface area contributed by atoms with E-state index in [-0.39, 0.29) is 12.5 Å². The number of benzene rings is 3. The average molecular weight is 449 g/mol. The molecule has 150 valence electrons. The van der Waals surface area contributed by atoms with Gasteiger partial charge in [0, 0.05) is 21.3 Å². The molecule has 0 spiro atoms. The molecule has 0 heterocycles. The second kappa shape index (κ2) is 8.86. The van der Waals surface area contributed by atoms with Crippen LogP contribution in [-0.4, -0.2) is 20.6 Å². The molecule has 0 unspecified atom stereocenters. The van der Waals surface area contributed by atoms with Crippen molar-refractivity contribution in [1.29, 1.82) is 0 Å². The average Bonchev–Trinajstić information content (AvgIpc) is 2.66. The normalized spacial score (nSPS) is 11.1. The summed E-state index contributed by atoms with van der Waals surface area (Å²) in [7, 11) is -3.56. The third kappa shape index (κ3) is 5.50. The number of hydrogen-bond acceptors (Lipinski definition) is 3. The Morgan fingerprint density at radius 2 is 1.66 bits per heavy atom. The van der Waals surface area contributed by atoms with Gasteiger partial charge < -0.3 is 5.32 Å². The fourth-order valence-electron chi connectivity index (χ4n) is 2.73. The Balaban J connectivity index is 1.82. The SMILES string of the molecule is CS(=O)(=O)N(Cc1ccccc1Cl)c1ccc(C(=O)Nc2cccc(Cl)c2)cc1. The minimum atomic E-state index is -3.56. The number of anilines is 2. The van der Waals surface area contributed by atoms with E-state index in [1.54, 1.807) is 72.8 Å². The fraction of sp³-hybridized carbons (Fsp3) is 0.0952. The molecule has 0 aliphatic rings. The minimum absolute atomic E-state index is 0.0898. The van der Waals surface area contributed by atoms with E-state index in [0.717, 1.165) is 6.26 Å². The van der Waals surface area contributed by atoms with Crippen LogP contribution in [0.4, 0.5) is 11.4 Å². The summed E-state index contributed by atoms with van der Waals surface area (Å²) in [5.41, 5.74) is 2.08. The summed E-state index contributed by atoms with van der Waals surface area (Å²) in [4.78, 5) is 12.4. The highest BCUT2D eigenvalue weighted by atomic mass is 35.5. The standard InChI is InChI=1S/C21H18Cl2N2O3S/c1-29(27,28)25(14-16-5-2-3-8-20(16)23)19-11-9-15(10-12-19)21(26)24-18-7-4-6-17(22)13-18/h2-13H,14H2,1H3,(H,24,26). The molecular formula is C21H18Cl2N2O3S. The highest BCUT2D eigenvalue weighted by Crippen LogP contribution is 2.25. The molecule has 1 amide bonds. The molecule has 0 aliphatic carbocycles. The van der Waals surface area contributed by atoms with E-state index in [0.29, 0.717) is 32.5 Å². The Labute approximate surface area is 179 Å². The summed E-state index contributed by atoms with van der Waals surface area (Å²) in [6.45, 7) is 0.0898. The number of nitrogens with one attached hydrogen (secondary N) is 1. The smallest absolute Gasteiger partial charge is 0.255 e. The number of rotatable bonds is 6. The molecule has 3 aromatic carbocycles. The van der Waals surface area contributed by atoms with Crippen molar-refractivity contribution in [2.75, 3.05) is 15.9 Å². The fourth-order valence-corrected chi connectivity index (χ4v) is 3.99. The van der Waals surface area contributed by atoms with E-state index in [9.17, 15) is 13.2 Å². The summed E-state index contributed by atoms with van der Waals surface area (Å²) in [6.07, 6.45) is 1.13. The van der Waals surface area contributed by atoms with Crippen LogP contribution in [0.2, 0.25) is 10.0 Å². The summed E-state index contributed by atoms with van der Waals surface area (Å²) in [5, 5.41) is 3.75. The molecule has 0 radical (unpaired) electrons. The van der Waals surface area contributed by atoms with Crippen LogP contribution in [0.25, 0.3) is 0 Å². The van der Waals surface area contributed by atoms with Crippen LogP contribution < -0.4 is 9.62 Å². The van der Waals surface area contributed by atoms with Crippen LogP contribution in [0.3, 0.4) is 0 Å². The number of carbonyl (C=O) groups excluding carboxylic acids is 1. The number of carbonyl (C=O) groups is 1. The van der Waals surface area contributed by atoms with Gasteiger partial charge in [0.2, 0.25) is 10.0 Å². The van der Waals surface area contributed by atoms with Crippen LogP contribution in [0.15, 0.2) is 72.8 Å². The number of amides is 1. The zero-order valence-corrected chi connectivity index (χ0v) is 17.8. The highest BCUT2D eigenvalue weighted by Gasteiger charge is 2.19. The molecule has 5 nitrogen and oxygen atoms in total. The van der Waals surface area contributed by atoms with Gasteiger partial charge in [-0.25, -0.2) is 8.42 Å². The first-order valence-electron chi connectivity index (χ1n) is 8.62. The number of hydrogen-bond donors (Lipinski definition) is 1. The van der Waals surface area contributed by atoms with E-state index in [1.165, 1.54) is 4.31 Å². The van der Waals surface area contributed by atoms with Gasteiger partial charge in [0.1, 0.15) is 0 Å². The van der Waals surface area contributed by atoms with E-state index in [2.05, 4.69) is 5.32 Å². The molecular weight excluding hydrogens is 431 g/mol. The van der Waals surface area contributed by atoms with Crippen molar-refractivity contribution in [1.82, 2.24) is 0 Å². The van der Waals surface area contributed by atoms with Gasteiger partial charge in [0.05, 0.1) is 18.5 Å². The second-order valence-electron chi connectivity index (χ2n) is 6.37. The van der Waals surface area contributed by atoms with Crippen molar-refractivity contribution in [3.63, 3.8) is 0 Å². The van der Waals surface area contributed by atoms with Gasteiger partial charge in [-0.15, -0.1) is 0 Å². The topological polar surface area (TPSA) is 66.5 Å². The maximum Gasteiger partial charge on any atom is 0.255 e. The zero-order chi connectivity index (χ0) is 21.0. The van der Waals surface area contributed by atoms with Gasteiger partial charge in [0.15, 0.2) is 0 Å². The predicted octanol–water partition coefficient (Wildman–Crippen LogP) is 5.21. The first-order chi connectivity index (χ1) is 13.7. The third-order valence-electron chi connectivity index (χ3n) is 4.17. The zero-order valence-electron chi connectivity index (χ0n) is 15.5. The number of halogens is 2. The third-order valence-corrected chi connectivity index (χ3v) is 5.92. The molecule has 0 atom stereocenters. The van der Waals surface area contributed by atoms with Crippen molar-refractivity contribution in [2.45, 2.75) is 6.54 Å². The summed E-state index contributed by atoms with van der Waals surface area (Å²) in [6, 6.07) is 20.2. The maximum absolute atomic E-state index is 12.4. The van der Waals surface area contributed by atoms with Crippen LogP contribution in [0.5, 0.6) is 0 Å². The van der Waals surface area contributed by atoms with Crippen LogP contribution in [0.1, 0.15) is 15.9 Å². The van der Waals surface area contributed by atoms with Gasteiger partial charge in [-0.05, 0) is 54.1 Å². The first kappa shape index (κ1) is 21.2. The Bertz CT molecular complexity index is 1130. The molecule has 0 bridgehead atoms. The van der Waals surface area contributed by atoms with Gasteiger partial charge >= 0.3 is 0 Å². The van der Waals surface area contributed by atoms with Crippen LogP contribution in [0, 0.1) is 0 Å². The lowest BCUT2D eigenvalue weighted by atomic mass is 10.1. The molecule has 0 aliphatic heterocycles. The Hall–Kier alpha value is -2.54. The lowest BCUT2D eigenvalue weighted by Crippen LogP contribution is -2.29. The molecule has 29 heavy (non-hydrogen) atoms. The highest BCUT2D eigenvalue weighted by molar-refractivity contribution is 7.92.